The number of methoxy groups -OCH3 is 2. The lowest BCUT2D eigenvalue weighted by Crippen LogP contribution is -2.32. The van der Waals surface area contributed by atoms with Crippen molar-refractivity contribution in [2.24, 2.45) is 0 Å². The smallest absolute Gasteiger partial charge is 0.269 e. The molecule has 1 aromatic carbocycles. The third-order valence-corrected chi connectivity index (χ3v) is 3.75. The number of nitrogens with zero attached hydrogens (tertiary/aromatic N) is 2. The van der Waals surface area contributed by atoms with Crippen molar-refractivity contribution >= 4 is 17.5 Å². The molecule has 1 heterocycles. The van der Waals surface area contributed by atoms with Crippen LogP contribution >= 0.6 is 0 Å². The van der Waals surface area contributed by atoms with Crippen molar-refractivity contribution < 1.29 is 19.1 Å². The van der Waals surface area contributed by atoms with Gasteiger partial charge in [0.2, 0.25) is 0 Å². The third kappa shape index (κ3) is 5.68. The number of carbonyl (C=O) groups is 2. The first kappa shape index (κ1) is 20.2. The van der Waals surface area contributed by atoms with Crippen molar-refractivity contribution in [2.45, 2.75) is 0 Å². The first-order chi connectivity index (χ1) is 12.9. The minimum atomic E-state index is -0.383. The number of ether oxygens (including phenoxy) is 2. The number of likely N-dealkylation sites (N-methyl/N-ethyl adjacent to an activating group) is 1. The predicted molar refractivity (Wildman–Crippen MR) is 103 cm³/mol. The maximum absolute atomic E-state index is 12.6. The zero-order valence-electron chi connectivity index (χ0n) is 15.9. The lowest BCUT2D eigenvalue weighted by molar-refractivity contribution is 0.0946. The van der Waals surface area contributed by atoms with Crippen LogP contribution in [0.3, 0.4) is 0 Å². The molecule has 2 amide bonds. The van der Waals surface area contributed by atoms with Crippen molar-refractivity contribution in [3.63, 3.8) is 0 Å². The molecule has 2 aromatic rings. The summed E-state index contributed by atoms with van der Waals surface area (Å²) in [4.78, 5) is 30.8. The molecule has 0 fully saturated rings. The second kappa shape index (κ2) is 9.54. The van der Waals surface area contributed by atoms with Crippen LogP contribution in [0.5, 0.6) is 11.5 Å². The Hall–Kier alpha value is -3.13. The monoisotopic (exact) mass is 372 g/mol. The number of benzene rings is 1. The Morgan fingerprint density at radius 1 is 1.07 bits per heavy atom. The molecule has 1 aromatic heterocycles. The van der Waals surface area contributed by atoms with E-state index in [1.165, 1.54) is 26.5 Å². The average Bonchev–Trinajstić information content (AvgIpc) is 2.67. The summed E-state index contributed by atoms with van der Waals surface area (Å²) in [5.74, 6) is 0.374. The summed E-state index contributed by atoms with van der Waals surface area (Å²) in [6, 6.07) is 8.08. The summed E-state index contributed by atoms with van der Waals surface area (Å²) in [5.41, 5.74) is 0.960. The van der Waals surface area contributed by atoms with Crippen LogP contribution < -0.4 is 20.1 Å². The highest BCUT2D eigenvalue weighted by atomic mass is 16.5. The maximum atomic E-state index is 12.6. The second-order valence-electron chi connectivity index (χ2n) is 6.01. The Labute approximate surface area is 158 Å². The number of rotatable bonds is 8. The quantitative estimate of drug-likeness (QED) is 0.732. The fraction of sp³-hybridized carbons (Fsp3) is 0.316. The molecule has 8 nitrogen and oxygen atoms in total. The van der Waals surface area contributed by atoms with Gasteiger partial charge in [0, 0.05) is 30.9 Å². The third-order valence-electron chi connectivity index (χ3n) is 3.75. The molecular formula is C19H24N4O4. The van der Waals surface area contributed by atoms with Gasteiger partial charge in [0.25, 0.3) is 11.8 Å². The second-order valence-corrected chi connectivity index (χ2v) is 6.01. The van der Waals surface area contributed by atoms with Gasteiger partial charge in [-0.05, 0) is 38.4 Å². The lowest BCUT2D eigenvalue weighted by atomic mass is 10.2. The van der Waals surface area contributed by atoms with E-state index in [9.17, 15) is 9.59 Å². The summed E-state index contributed by atoms with van der Waals surface area (Å²) in [5, 5.41) is 5.53. The lowest BCUT2D eigenvalue weighted by Gasteiger charge is -2.12. The normalized spacial score (nSPS) is 10.4. The predicted octanol–water partition coefficient (Wildman–Crippen LogP) is 1.64. The topological polar surface area (TPSA) is 92.8 Å². The van der Waals surface area contributed by atoms with Crippen LogP contribution in [-0.2, 0) is 0 Å². The Kier molecular flexibility index (Phi) is 7.13. The van der Waals surface area contributed by atoms with Crippen molar-refractivity contribution in [1.82, 2.24) is 15.2 Å². The van der Waals surface area contributed by atoms with E-state index in [0.29, 0.717) is 35.8 Å². The van der Waals surface area contributed by atoms with Gasteiger partial charge in [-0.25, -0.2) is 0 Å². The fourth-order valence-electron chi connectivity index (χ4n) is 2.29. The number of anilines is 1. The first-order valence-corrected chi connectivity index (χ1v) is 8.37. The average molecular weight is 372 g/mol. The van der Waals surface area contributed by atoms with Gasteiger partial charge >= 0.3 is 0 Å². The highest BCUT2D eigenvalue weighted by molar-refractivity contribution is 6.06. The highest BCUT2D eigenvalue weighted by Gasteiger charge is 2.14. The summed E-state index contributed by atoms with van der Waals surface area (Å²) in [6.07, 6.45) is 1.43. The standard InChI is InChI=1S/C19H24N4O4/c1-23(2)10-9-21-19(25)16-11-13(7-8-20-16)18(24)22-15-12-14(26-3)5-6-17(15)27-4/h5-8,11-12H,9-10H2,1-4H3,(H,21,25)(H,22,24). The van der Waals surface area contributed by atoms with Gasteiger partial charge in [0.1, 0.15) is 17.2 Å². The van der Waals surface area contributed by atoms with Crippen LogP contribution in [0.4, 0.5) is 5.69 Å². The van der Waals surface area contributed by atoms with Crippen LogP contribution in [0.1, 0.15) is 20.8 Å². The molecule has 8 heteroatoms. The minimum absolute atomic E-state index is 0.180. The molecule has 0 aliphatic carbocycles. The molecule has 0 aliphatic heterocycles. The molecule has 0 spiro atoms. The van der Waals surface area contributed by atoms with E-state index in [2.05, 4.69) is 15.6 Å². The molecule has 0 saturated carbocycles. The zero-order chi connectivity index (χ0) is 19.8. The van der Waals surface area contributed by atoms with Gasteiger partial charge in [-0.15, -0.1) is 0 Å². The Balaban J connectivity index is 2.12. The minimum Gasteiger partial charge on any atom is -0.497 e. The maximum Gasteiger partial charge on any atom is 0.269 e. The van der Waals surface area contributed by atoms with E-state index in [1.807, 2.05) is 19.0 Å². The van der Waals surface area contributed by atoms with Crippen LogP contribution in [0.15, 0.2) is 36.5 Å². The Morgan fingerprint density at radius 3 is 2.52 bits per heavy atom. The van der Waals surface area contributed by atoms with Crippen molar-refractivity contribution in [3.05, 3.63) is 47.8 Å². The van der Waals surface area contributed by atoms with Crippen LogP contribution in [0, 0.1) is 0 Å². The molecule has 0 saturated heterocycles. The largest absolute Gasteiger partial charge is 0.497 e. The summed E-state index contributed by atoms with van der Waals surface area (Å²) < 4.78 is 10.4. The molecule has 0 bridgehead atoms. The van der Waals surface area contributed by atoms with Crippen molar-refractivity contribution in [2.75, 3.05) is 46.7 Å². The Morgan fingerprint density at radius 2 is 1.85 bits per heavy atom. The van der Waals surface area contributed by atoms with Crippen LogP contribution in [0.2, 0.25) is 0 Å². The zero-order valence-corrected chi connectivity index (χ0v) is 15.9. The number of nitrogens with one attached hydrogen (secondary N) is 2. The van der Waals surface area contributed by atoms with Gasteiger partial charge in [0.05, 0.1) is 19.9 Å². The van der Waals surface area contributed by atoms with Crippen LogP contribution in [-0.4, -0.2) is 63.1 Å². The van der Waals surface area contributed by atoms with E-state index < -0.39 is 0 Å². The number of amides is 2. The SMILES string of the molecule is COc1ccc(OC)c(NC(=O)c2ccnc(C(=O)NCCN(C)C)c2)c1. The summed E-state index contributed by atoms with van der Waals surface area (Å²) in [6.45, 7) is 1.20. The highest BCUT2D eigenvalue weighted by Crippen LogP contribution is 2.29. The van der Waals surface area contributed by atoms with E-state index in [0.717, 1.165) is 0 Å². The fourth-order valence-corrected chi connectivity index (χ4v) is 2.29. The number of hydrogen-bond acceptors (Lipinski definition) is 6. The summed E-state index contributed by atoms with van der Waals surface area (Å²) >= 11 is 0. The molecule has 144 valence electrons. The molecule has 2 N–H and O–H groups in total. The number of hydrogen-bond donors (Lipinski definition) is 2. The number of aromatic nitrogens is 1. The van der Waals surface area contributed by atoms with E-state index in [4.69, 9.17) is 9.47 Å². The molecule has 0 unspecified atom stereocenters. The molecular weight excluding hydrogens is 348 g/mol. The van der Waals surface area contributed by atoms with Gasteiger partial charge in [0.15, 0.2) is 0 Å². The molecule has 0 radical (unpaired) electrons. The van der Waals surface area contributed by atoms with Gasteiger partial charge in [-0.3, -0.25) is 14.6 Å². The Bertz CT molecular complexity index is 808. The van der Waals surface area contributed by atoms with Gasteiger partial charge in [-0.1, -0.05) is 0 Å². The molecule has 0 atom stereocenters. The van der Waals surface area contributed by atoms with Crippen molar-refractivity contribution in [1.29, 1.82) is 0 Å². The van der Waals surface area contributed by atoms with E-state index in [-0.39, 0.29) is 17.5 Å². The van der Waals surface area contributed by atoms with Crippen molar-refractivity contribution in [3.8, 4) is 11.5 Å². The summed E-state index contributed by atoms with van der Waals surface area (Å²) in [7, 11) is 6.89. The van der Waals surface area contributed by atoms with Gasteiger partial charge in [-0.2, -0.15) is 0 Å². The van der Waals surface area contributed by atoms with E-state index in [1.54, 1.807) is 24.3 Å². The first-order valence-electron chi connectivity index (χ1n) is 8.37. The molecule has 2 rings (SSSR count). The molecule has 27 heavy (non-hydrogen) atoms. The number of carbonyl (C=O) groups excluding carboxylic acids is 2. The van der Waals surface area contributed by atoms with E-state index >= 15 is 0 Å². The molecule has 0 aliphatic rings. The van der Waals surface area contributed by atoms with Crippen LogP contribution in [0.25, 0.3) is 0 Å². The number of pyridine rings is 1. The van der Waals surface area contributed by atoms with Gasteiger partial charge < -0.3 is 25.0 Å².